The van der Waals surface area contributed by atoms with Crippen LogP contribution in [0.5, 0.6) is 5.88 Å². The van der Waals surface area contributed by atoms with E-state index in [4.69, 9.17) is 14.9 Å². The second-order valence-corrected chi connectivity index (χ2v) is 5.63. The van der Waals surface area contributed by atoms with Gasteiger partial charge in [0.05, 0.1) is 18.6 Å². The van der Waals surface area contributed by atoms with Gasteiger partial charge in [0.1, 0.15) is 11.6 Å². The number of furan rings is 1. The van der Waals surface area contributed by atoms with E-state index in [1.807, 2.05) is 37.1 Å². The Bertz CT molecular complexity index is 593. The molecule has 0 aromatic carbocycles. The second-order valence-electron chi connectivity index (χ2n) is 5.63. The number of hydrogen-bond donors (Lipinski definition) is 1. The predicted molar refractivity (Wildman–Crippen MR) is 84.5 cm³/mol. The van der Waals surface area contributed by atoms with Gasteiger partial charge in [-0.05, 0) is 31.0 Å². The molecule has 0 bridgehead atoms. The van der Waals surface area contributed by atoms with Crippen molar-refractivity contribution < 1.29 is 9.15 Å². The summed E-state index contributed by atoms with van der Waals surface area (Å²) in [6.45, 7) is 7.46. The molecule has 0 aliphatic carbocycles. The van der Waals surface area contributed by atoms with E-state index < -0.39 is 0 Å². The predicted octanol–water partition coefficient (Wildman–Crippen LogP) is 3.24. The van der Waals surface area contributed by atoms with Crippen molar-refractivity contribution in [3.63, 3.8) is 0 Å². The molecule has 21 heavy (non-hydrogen) atoms. The third-order valence-electron chi connectivity index (χ3n) is 3.19. The lowest BCUT2D eigenvalue weighted by Gasteiger charge is -2.19. The quantitative estimate of drug-likeness (QED) is 0.884. The average Bonchev–Trinajstić information content (AvgIpc) is 2.83. The fourth-order valence-corrected chi connectivity index (χ4v) is 1.93. The molecule has 114 valence electrons. The molecule has 2 heterocycles. The summed E-state index contributed by atoms with van der Waals surface area (Å²) in [6.07, 6.45) is 1.70. The van der Waals surface area contributed by atoms with Crippen molar-refractivity contribution in [2.45, 2.75) is 27.3 Å². The maximum Gasteiger partial charge on any atom is 0.239 e. The summed E-state index contributed by atoms with van der Waals surface area (Å²) in [5.41, 5.74) is 7.62. The van der Waals surface area contributed by atoms with Gasteiger partial charge < -0.3 is 19.8 Å². The van der Waals surface area contributed by atoms with E-state index in [9.17, 15) is 0 Å². The van der Waals surface area contributed by atoms with Gasteiger partial charge in [0.25, 0.3) is 0 Å². The van der Waals surface area contributed by atoms with Crippen LogP contribution in [0, 0.1) is 12.8 Å². The first-order chi connectivity index (χ1) is 9.97. The number of nitrogens with two attached hydrogens (primary N) is 1. The van der Waals surface area contributed by atoms with Gasteiger partial charge in [-0.15, -0.1) is 0 Å². The van der Waals surface area contributed by atoms with Crippen LogP contribution in [0.2, 0.25) is 0 Å². The summed E-state index contributed by atoms with van der Waals surface area (Å²) in [7, 11) is 1.98. The summed E-state index contributed by atoms with van der Waals surface area (Å²) in [4.78, 5) is 6.54. The lowest BCUT2D eigenvalue weighted by molar-refractivity contribution is 0.263. The van der Waals surface area contributed by atoms with Crippen molar-refractivity contribution >= 4 is 11.5 Å². The smallest absolute Gasteiger partial charge is 0.239 e. The van der Waals surface area contributed by atoms with Gasteiger partial charge in [0.2, 0.25) is 5.88 Å². The minimum absolute atomic E-state index is 0.432. The summed E-state index contributed by atoms with van der Waals surface area (Å²) >= 11 is 0. The Morgan fingerprint density at radius 2 is 2.10 bits per heavy atom. The summed E-state index contributed by atoms with van der Waals surface area (Å²) in [6, 6.07) is 5.70. The average molecular weight is 289 g/mol. The lowest BCUT2D eigenvalue weighted by Crippen LogP contribution is -2.18. The number of anilines is 2. The third kappa shape index (κ3) is 3.90. The summed E-state index contributed by atoms with van der Waals surface area (Å²) in [5, 5.41) is 0. The normalized spacial score (nSPS) is 10.9. The van der Waals surface area contributed by atoms with Crippen LogP contribution in [0.15, 0.2) is 28.9 Å². The van der Waals surface area contributed by atoms with Gasteiger partial charge in [-0.25, -0.2) is 0 Å². The highest BCUT2D eigenvalue weighted by Gasteiger charge is 2.11. The molecule has 2 aromatic rings. The summed E-state index contributed by atoms with van der Waals surface area (Å²) < 4.78 is 11.0. The molecular weight excluding hydrogens is 266 g/mol. The Balaban J connectivity index is 2.12. The molecule has 2 N–H and O–H groups in total. The van der Waals surface area contributed by atoms with Gasteiger partial charge in [0, 0.05) is 19.2 Å². The topological polar surface area (TPSA) is 64.5 Å². The number of pyridine rings is 1. The van der Waals surface area contributed by atoms with Crippen LogP contribution in [0.3, 0.4) is 0 Å². The number of nitrogen functional groups attached to an aromatic ring is 1. The van der Waals surface area contributed by atoms with Crippen LogP contribution in [0.1, 0.15) is 25.2 Å². The zero-order valence-corrected chi connectivity index (χ0v) is 13.1. The van der Waals surface area contributed by atoms with Crippen molar-refractivity contribution in [3.8, 4) is 5.88 Å². The molecule has 0 aliphatic rings. The van der Waals surface area contributed by atoms with Crippen LogP contribution in [0.4, 0.5) is 11.5 Å². The van der Waals surface area contributed by atoms with Crippen LogP contribution in [-0.4, -0.2) is 18.6 Å². The third-order valence-corrected chi connectivity index (χ3v) is 3.19. The number of nitrogens with zero attached hydrogens (tertiary/aromatic N) is 2. The highest BCUT2D eigenvalue weighted by atomic mass is 16.5. The van der Waals surface area contributed by atoms with Gasteiger partial charge >= 0.3 is 0 Å². The SMILES string of the molecule is Cc1occc1CN(C)c1ccc(N)c(OCC(C)C)n1. The molecule has 0 unspecified atom stereocenters. The highest BCUT2D eigenvalue weighted by molar-refractivity contribution is 5.54. The molecular formula is C16H23N3O2. The molecule has 2 aromatic heterocycles. The van der Waals surface area contributed by atoms with Gasteiger partial charge in [0.15, 0.2) is 0 Å². The molecule has 0 saturated heterocycles. The van der Waals surface area contributed by atoms with Gasteiger partial charge in [-0.1, -0.05) is 13.8 Å². The van der Waals surface area contributed by atoms with E-state index >= 15 is 0 Å². The van der Waals surface area contributed by atoms with E-state index in [0.29, 0.717) is 24.1 Å². The zero-order chi connectivity index (χ0) is 15.4. The molecule has 0 amide bonds. The molecule has 5 nitrogen and oxygen atoms in total. The van der Waals surface area contributed by atoms with E-state index in [2.05, 4.69) is 18.8 Å². The first-order valence-electron chi connectivity index (χ1n) is 7.10. The summed E-state index contributed by atoms with van der Waals surface area (Å²) in [5.74, 6) is 2.68. The fraction of sp³-hybridized carbons (Fsp3) is 0.438. The Hall–Kier alpha value is -2.17. The van der Waals surface area contributed by atoms with Crippen molar-refractivity contribution in [3.05, 3.63) is 35.8 Å². The molecule has 2 rings (SSSR count). The molecule has 0 atom stereocenters. The Morgan fingerprint density at radius 1 is 1.33 bits per heavy atom. The van der Waals surface area contributed by atoms with Crippen molar-refractivity contribution in [2.24, 2.45) is 5.92 Å². The Kier molecular flexibility index (Phi) is 4.73. The number of aromatic nitrogens is 1. The number of ether oxygens (including phenoxy) is 1. The molecule has 0 aliphatic heterocycles. The molecule has 0 fully saturated rings. The molecule has 0 spiro atoms. The maximum absolute atomic E-state index is 5.91. The monoisotopic (exact) mass is 289 g/mol. The largest absolute Gasteiger partial charge is 0.476 e. The lowest BCUT2D eigenvalue weighted by atomic mass is 10.2. The highest BCUT2D eigenvalue weighted by Crippen LogP contribution is 2.24. The van der Waals surface area contributed by atoms with Crippen LogP contribution in [-0.2, 0) is 6.54 Å². The number of aryl methyl sites for hydroxylation is 1. The minimum atomic E-state index is 0.432. The van der Waals surface area contributed by atoms with Crippen LogP contribution >= 0.6 is 0 Å². The van der Waals surface area contributed by atoms with E-state index in [0.717, 1.165) is 23.7 Å². The van der Waals surface area contributed by atoms with E-state index in [1.54, 1.807) is 6.26 Å². The van der Waals surface area contributed by atoms with Crippen molar-refractivity contribution in [1.29, 1.82) is 0 Å². The first-order valence-corrected chi connectivity index (χ1v) is 7.10. The van der Waals surface area contributed by atoms with Crippen LogP contribution < -0.4 is 15.4 Å². The number of hydrogen-bond acceptors (Lipinski definition) is 5. The molecule has 5 heteroatoms. The Labute approximate surface area is 125 Å². The standard InChI is InChI=1S/C16H23N3O2/c1-11(2)10-21-16-14(17)5-6-15(18-16)19(4)9-13-7-8-20-12(13)3/h5-8,11H,9-10,17H2,1-4H3. The van der Waals surface area contributed by atoms with Gasteiger partial charge in [-0.2, -0.15) is 4.98 Å². The maximum atomic E-state index is 5.91. The second kappa shape index (κ2) is 6.52. The van der Waals surface area contributed by atoms with E-state index in [-0.39, 0.29) is 0 Å². The zero-order valence-electron chi connectivity index (χ0n) is 13.1. The van der Waals surface area contributed by atoms with Crippen LogP contribution in [0.25, 0.3) is 0 Å². The molecule has 0 radical (unpaired) electrons. The Morgan fingerprint density at radius 3 is 2.71 bits per heavy atom. The van der Waals surface area contributed by atoms with Gasteiger partial charge in [-0.3, -0.25) is 0 Å². The minimum Gasteiger partial charge on any atom is -0.476 e. The van der Waals surface area contributed by atoms with Crippen molar-refractivity contribution in [1.82, 2.24) is 4.98 Å². The van der Waals surface area contributed by atoms with Crippen molar-refractivity contribution in [2.75, 3.05) is 24.3 Å². The molecule has 0 saturated carbocycles. The number of rotatable bonds is 6. The van der Waals surface area contributed by atoms with E-state index in [1.165, 1.54) is 0 Å². The fourth-order valence-electron chi connectivity index (χ4n) is 1.93. The first kappa shape index (κ1) is 15.2.